The molecule has 1 aliphatic heterocycles. The van der Waals surface area contributed by atoms with Crippen LogP contribution < -0.4 is 5.32 Å². The second-order valence-electron chi connectivity index (χ2n) is 5.18. The molecule has 2 atom stereocenters. The van der Waals surface area contributed by atoms with E-state index in [9.17, 15) is 4.79 Å². The van der Waals surface area contributed by atoms with Crippen LogP contribution in [0.15, 0.2) is 0 Å². The fourth-order valence-electron chi connectivity index (χ4n) is 2.64. The zero-order chi connectivity index (χ0) is 12.7. The number of carbonyl (C=O) groups excluding carboxylic acids is 1. The monoisotopic (exact) mass is 240 g/mol. The molecule has 1 saturated heterocycles. The number of amides is 1. The van der Waals surface area contributed by atoms with Crippen LogP contribution in [0, 0.1) is 0 Å². The van der Waals surface area contributed by atoms with Gasteiger partial charge in [0, 0.05) is 6.04 Å². The number of carbonyl (C=O) groups is 1. The van der Waals surface area contributed by atoms with Gasteiger partial charge >= 0.3 is 0 Å². The van der Waals surface area contributed by atoms with Gasteiger partial charge in [-0.05, 0) is 19.8 Å². The van der Waals surface area contributed by atoms with E-state index < -0.39 is 0 Å². The molecule has 1 rings (SSSR count). The standard InChI is InChI=1S/C14H28N2O/c1-4-6-7-8-10-12(3)16-13(9-5-2)15-11-14(16)17/h12-13,15H,4-11H2,1-3H3. The Labute approximate surface area is 106 Å². The number of unbranched alkanes of at least 4 members (excludes halogenated alkanes) is 3. The molecule has 17 heavy (non-hydrogen) atoms. The first-order chi connectivity index (χ1) is 8.20. The second kappa shape index (κ2) is 7.70. The summed E-state index contributed by atoms with van der Waals surface area (Å²) in [6.45, 7) is 7.13. The molecular formula is C14H28N2O. The first-order valence-corrected chi connectivity index (χ1v) is 7.25. The third-order valence-corrected chi connectivity index (χ3v) is 3.63. The summed E-state index contributed by atoms with van der Waals surface area (Å²) in [6.07, 6.45) is 8.78. The van der Waals surface area contributed by atoms with Crippen LogP contribution in [0.4, 0.5) is 0 Å². The predicted molar refractivity (Wildman–Crippen MR) is 71.8 cm³/mol. The smallest absolute Gasteiger partial charge is 0.238 e. The van der Waals surface area contributed by atoms with Crippen LogP contribution in [0.3, 0.4) is 0 Å². The van der Waals surface area contributed by atoms with E-state index in [-0.39, 0.29) is 12.1 Å². The molecule has 0 spiro atoms. The normalized spacial score (nSPS) is 22.2. The lowest BCUT2D eigenvalue weighted by Gasteiger charge is -2.30. The van der Waals surface area contributed by atoms with Gasteiger partial charge in [-0.15, -0.1) is 0 Å². The summed E-state index contributed by atoms with van der Waals surface area (Å²) in [6, 6.07) is 0.394. The Hall–Kier alpha value is -0.570. The summed E-state index contributed by atoms with van der Waals surface area (Å²) in [7, 11) is 0. The molecule has 1 fully saturated rings. The summed E-state index contributed by atoms with van der Waals surface area (Å²) >= 11 is 0. The van der Waals surface area contributed by atoms with Crippen LogP contribution in [0.2, 0.25) is 0 Å². The first kappa shape index (κ1) is 14.5. The number of hydrogen-bond donors (Lipinski definition) is 1. The van der Waals surface area contributed by atoms with E-state index in [1.165, 1.54) is 25.7 Å². The van der Waals surface area contributed by atoms with Gasteiger partial charge in [0.25, 0.3) is 0 Å². The Morgan fingerprint density at radius 3 is 2.71 bits per heavy atom. The Balaban J connectivity index is 2.36. The highest BCUT2D eigenvalue weighted by Gasteiger charge is 2.32. The van der Waals surface area contributed by atoms with E-state index in [0.717, 1.165) is 19.3 Å². The summed E-state index contributed by atoms with van der Waals surface area (Å²) in [5, 5.41) is 3.32. The number of hydrogen-bond acceptors (Lipinski definition) is 2. The van der Waals surface area contributed by atoms with E-state index in [0.29, 0.717) is 12.6 Å². The van der Waals surface area contributed by atoms with Crippen LogP contribution in [0.25, 0.3) is 0 Å². The molecule has 1 aliphatic rings. The fraction of sp³-hybridized carbons (Fsp3) is 0.929. The Kier molecular flexibility index (Phi) is 6.56. The minimum Gasteiger partial charge on any atom is -0.323 e. The largest absolute Gasteiger partial charge is 0.323 e. The van der Waals surface area contributed by atoms with Crippen LogP contribution in [0.5, 0.6) is 0 Å². The molecule has 0 radical (unpaired) electrons. The van der Waals surface area contributed by atoms with Gasteiger partial charge in [-0.1, -0.05) is 46.0 Å². The van der Waals surface area contributed by atoms with Crippen molar-refractivity contribution in [1.29, 1.82) is 0 Å². The molecule has 0 saturated carbocycles. The predicted octanol–water partition coefficient (Wildman–Crippen LogP) is 2.90. The van der Waals surface area contributed by atoms with E-state index in [1.807, 2.05) is 0 Å². The second-order valence-corrected chi connectivity index (χ2v) is 5.18. The number of nitrogens with zero attached hydrogens (tertiary/aromatic N) is 1. The average Bonchev–Trinajstić information content (AvgIpc) is 2.66. The lowest BCUT2D eigenvalue weighted by atomic mass is 10.1. The zero-order valence-corrected chi connectivity index (χ0v) is 11.7. The minimum absolute atomic E-state index is 0.284. The highest BCUT2D eigenvalue weighted by Crippen LogP contribution is 2.18. The van der Waals surface area contributed by atoms with Crippen LogP contribution in [-0.4, -0.2) is 29.6 Å². The molecule has 0 aromatic carbocycles. The van der Waals surface area contributed by atoms with Crippen LogP contribution >= 0.6 is 0 Å². The third-order valence-electron chi connectivity index (χ3n) is 3.63. The summed E-state index contributed by atoms with van der Waals surface area (Å²) in [4.78, 5) is 13.9. The maximum Gasteiger partial charge on any atom is 0.238 e. The molecule has 1 N–H and O–H groups in total. The number of nitrogens with one attached hydrogen (secondary N) is 1. The molecule has 100 valence electrons. The maximum atomic E-state index is 11.9. The fourth-order valence-corrected chi connectivity index (χ4v) is 2.64. The summed E-state index contributed by atoms with van der Waals surface area (Å²) < 4.78 is 0. The summed E-state index contributed by atoms with van der Waals surface area (Å²) in [5.41, 5.74) is 0. The molecular weight excluding hydrogens is 212 g/mol. The summed E-state index contributed by atoms with van der Waals surface area (Å²) in [5.74, 6) is 0.284. The lowest BCUT2D eigenvalue weighted by Crippen LogP contribution is -2.43. The van der Waals surface area contributed by atoms with Gasteiger partial charge in [-0.2, -0.15) is 0 Å². The van der Waals surface area contributed by atoms with Crippen molar-refractivity contribution in [2.45, 2.75) is 77.9 Å². The zero-order valence-electron chi connectivity index (χ0n) is 11.7. The van der Waals surface area contributed by atoms with Gasteiger partial charge in [0.05, 0.1) is 12.7 Å². The van der Waals surface area contributed by atoms with Crippen molar-refractivity contribution < 1.29 is 4.79 Å². The van der Waals surface area contributed by atoms with Crippen molar-refractivity contribution in [1.82, 2.24) is 10.2 Å². The first-order valence-electron chi connectivity index (χ1n) is 7.25. The van der Waals surface area contributed by atoms with Gasteiger partial charge in [-0.25, -0.2) is 0 Å². The Morgan fingerprint density at radius 1 is 1.29 bits per heavy atom. The molecule has 2 unspecified atom stereocenters. The third kappa shape index (κ3) is 4.30. The van der Waals surface area contributed by atoms with Crippen molar-refractivity contribution in [2.75, 3.05) is 6.54 Å². The van der Waals surface area contributed by atoms with Crippen LogP contribution in [-0.2, 0) is 4.79 Å². The van der Waals surface area contributed by atoms with Gasteiger partial charge in [0.2, 0.25) is 5.91 Å². The van der Waals surface area contributed by atoms with Crippen molar-refractivity contribution in [3.63, 3.8) is 0 Å². The molecule has 3 nitrogen and oxygen atoms in total. The van der Waals surface area contributed by atoms with Crippen molar-refractivity contribution in [3.05, 3.63) is 0 Å². The molecule has 3 heteroatoms. The van der Waals surface area contributed by atoms with Gasteiger partial charge in [-0.3, -0.25) is 10.1 Å². The van der Waals surface area contributed by atoms with Gasteiger partial charge in [0.1, 0.15) is 0 Å². The van der Waals surface area contributed by atoms with Crippen molar-refractivity contribution in [2.24, 2.45) is 0 Å². The van der Waals surface area contributed by atoms with E-state index in [2.05, 4.69) is 31.0 Å². The lowest BCUT2D eigenvalue weighted by molar-refractivity contribution is -0.130. The van der Waals surface area contributed by atoms with E-state index in [4.69, 9.17) is 0 Å². The average molecular weight is 240 g/mol. The number of rotatable bonds is 8. The topological polar surface area (TPSA) is 32.3 Å². The maximum absolute atomic E-state index is 11.9. The SMILES string of the molecule is CCCCCCC(C)N1C(=O)CNC1CCC. The Morgan fingerprint density at radius 2 is 2.06 bits per heavy atom. The van der Waals surface area contributed by atoms with Crippen molar-refractivity contribution in [3.8, 4) is 0 Å². The molecule has 1 amide bonds. The minimum atomic E-state index is 0.284. The highest BCUT2D eigenvalue weighted by atomic mass is 16.2. The van der Waals surface area contributed by atoms with Gasteiger partial charge in [0.15, 0.2) is 0 Å². The molecule has 0 aromatic rings. The molecule has 0 bridgehead atoms. The van der Waals surface area contributed by atoms with Crippen molar-refractivity contribution >= 4 is 5.91 Å². The van der Waals surface area contributed by atoms with Gasteiger partial charge < -0.3 is 4.90 Å². The molecule has 0 aliphatic carbocycles. The molecule has 0 aromatic heterocycles. The van der Waals surface area contributed by atoms with E-state index in [1.54, 1.807) is 0 Å². The highest BCUT2D eigenvalue weighted by molar-refractivity contribution is 5.80. The molecule has 1 heterocycles. The van der Waals surface area contributed by atoms with E-state index >= 15 is 0 Å². The Bertz CT molecular complexity index is 230. The quantitative estimate of drug-likeness (QED) is 0.662. The van der Waals surface area contributed by atoms with Crippen LogP contribution in [0.1, 0.15) is 65.7 Å².